The van der Waals surface area contributed by atoms with Crippen molar-refractivity contribution in [3.8, 4) is 0 Å². The van der Waals surface area contributed by atoms with Gasteiger partial charge in [-0.1, -0.05) is 0 Å². The molecule has 1 aliphatic carbocycles. The van der Waals surface area contributed by atoms with Crippen molar-refractivity contribution >= 4 is 22.6 Å². The Morgan fingerprint density at radius 3 is 1.38 bits per heavy atom. The Bertz CT molecular complexity index is 180. The van der Waals surface area contributed by atoms with Crippen LogP contribution in [0.1, 0.15) is 0 Å². The van der Waals surface area contributed by atoms with Crippen molar-refractivity contribution in [2.45, 2.75) is 34.1 Å². The third kappa shape index (κ3) is 1.69. The van der Waals surface area contributed by atoms with Gasteiger partial charge in [-0.2, -0.15) is 0 Å². The number of rotatable bonds is 0. The lowest BCUT2D eigenvalue weighted by atomic mass is 9.85. The van der Waals surface area contributed by atoms with Gasteiger partial charge < -0.3 is 30.6 Å². The summed E-state index contributed by atoms with van der Waals surface area (Å²) in [6.45, 7) is 0. The van der Waals surface area contributed by atoms with Gasteiger partial charge in [0, 0.05) is 0 Å². The van der Waals surface area contributed by atoms with Gasteiger partial charge >= 0.3 is 0 Å². The first kappa shape index (κ1) is 11.6. The molecule has 6 atom stereocenters. The summed E-state index contributed by atoms with van der Waals surface area (Å²) in [7, 11) is 0. The van der Waals surface area contributed by atoms with Gasteiger partial charge in [-0.3, -0.25) is 0 Å². The largest absolute Gasteiger partial charge is 0.387 e. The van der Waals surface area contributed by atoms with Gasteiger partial charge in [0.15, 0.2) is 3.61 Å². The van der Waals surface area contributed by atoms with Crippen molar-refractivity contribution in [2.24, 2.45) is 0 Å². The molecule has 0 radical (unpaired) electrons. The van der Waals surface area contributed by atoms with Crippen LogP contribution in [0.25, 0.3) is 0 Å². The lowest BCUT2D eigenvalue weighted by Gasteiger charge is -2.44. The summed E-state index contributed by atoms with van der Waals surface area (Å²) < 4.78 is -2.06. The maximum atomic E-state index is 9.43. The summed E-state index contributed by atoms with van der Waals surface area (Å²) in [5.41, 5.74) is 0. The molecular formula is C6H11IO6. The Morgan fingerprint density at radius 2 is 1.08 bits per heavy atom. The van der Waals surface area contributed by atoms with Crippen LogP contribution in [0.2, 0.25) is 0 Å². The predicted molar refractivity (Wildman–Crippen MR) is 49.0 cm³/mol. The van der Waals surface area contributed by atoms with E-state index in [1.54, 1.807) is 0 Å². The van der Waals surface area contributed by atoms with Crippen LogP contribution in [-0.4, -0.2) is 64.8 Å². The van der Waals surface area contributed by atoms with E-state index in [1.807, 2.05) is 0 Å². The minimum atomic E-state index is -2.06. The summed E-state index contributed by atoms with van der Waals surface area (Å²) in [5, 5.41) is 55.2. The van der Waals surface area contributed by atoms with Gasteiger partial charge in [0.2, 0.25) is 0 Å². The highest BCUT2D eigenvalue weighted by Gasteiger charge is 2.56. The van der Waals surface area contributed by atoms with Crippen LogP contribution < -0.4 is 0 Å². The fraction of sp³-hybridized carbons (Fsp3) is 1.00. The van der Waals surface area contributed by atoms with Crippen molar-refractivity contribution in [3.63, 3.8) is 0 Å². The Labute approximate surface area is 87.6 Å². The van der Waals surface area contributed by atoms with E-state index in [2.05, 4.69) is 0 Å². The van der Waals surface area contributed by atoms with Crippen molar-refractivity contribution in [1.82, 2.24) is 0 Å². The zero-order valence-corrected chi connectivity index (χ0v) is 8.61. The van der Waals surface area contributed by atoms with Crippen LogP contribution in [0.3, 0.4) is 0 Å². The standard InChI is InChI=1S/C6H11IO6/c7-6(13)4(11)2(9)1(8)3(10)5(6)12/h1-5,8-13H/t1?,2-,3+,4-,5-,6?/m1/s1. The number of aliphatic hydroxyl groups excluding tert-OH is 5. The first-order valence-electron chi connectivity index (χ1n) is 3.61. The Kier molecular flexibility index (Phi) is 3.18. The van der Waals surface area contributed by atoms with E-state index < -0.39 is 34.1 Å². The SMILES string of the molecule is OC1[C@@H](O)[C@@H](O)C(O)(I)[C@H](O)[C@H]1O. The molecule has 0 aliphatic heterocycles. The summed E-state index contributed by atoms with van der Waals surface area (Å²) in [6.07, 6.45) is -8.44. The minimum absolute atomic E-state index is 1.31. The third-order valence-corrected chi connectivity index (χ3v) is 3.45. The molecule has 0 heterocycles. The second-order valence-electron chi connectivity index (χ2n) is 3.09. The van der Waals surface area contributed by atoms with Crippen LogP contribution in [0.4, 0.5) is 0 Å². The quantitative estimate of drug-likeness (QED) is 0.209. The van der Waals surface area contributed by atoms with E-state index in [-0.39, 0.29) is 0 Å². The highest BCUT2D eigenvalue weighted by Crippen LogP contribution is 2.35. The van der Waals surface area contributed by atoms with Gasteiger partial charge in [-0.05, 0) is 22.6 Å². The molecule has 2 unspecified atom stereocenters. The molecule has 13 heavy (non-hydrogen) atoms. The van der Waals surface area contributed by atoms with Crippen LogP contribution in [-0.2, 0) is 0 Å². The van der Waals surface area contributed by atoms with Crippen molar-refractivity contribution < 1.29 is 30.6 Å². The smallest absolute Gasteiger partial charge is 0.172 e. The van der Waals surface area contributed by atoms with Crippen LogP contribution >= 0.6 is 22.6 Å². The van der Waals surface area contributed by atoms with Crippen molar-refractivity contribution in [3.05, 3.63) is 0 Å². The Morgan fingerprint density at radius 1 is 0.769 bits per heavy atom. The lowest BCUT2D eigenvalue weighted by molar-refractivity contribution is -0.229. The summed E-state index contributed by atoms with van der Waals surface area (Å²) in [6, 6.07) is 0. The molecule has 0 amide bonds. The molecule has 6 N–H and O–H groups in total. The van der Waals surface area contributed by atoms with Crippen molar-refractivity contribution in [1.29, 1.82) is 0 Å². The second-order valence-corrected chi connectivity index (χ2v) is 4.82. The molecule has 0 aromatic carbocycles. The topological polar surface area (TPSA) is 121 Å². The molecule has 0 aromatic rings. The number of halogens is 1. The number of aliphatic hydroxyl groups is 6. The zero-order valence-electron chi connectivity index (χ0n) is 6.45. The number of hydrogen-bond acceptors (Lipinski definition) is 6. The Balaban J connectivity index is 2.93. The molecule has 1 aliphatic rings. The van der Waals surface area contributed by atoms with Gasteiger partial charge in [0.05, 0.1) is 0 Å². The lowest BCUT2D eigenvalue weighted by Crippen LogP contribution is -2.68. The average Bonchev–Trinajstić information content (AvgIpc) is 2.09. The molecule has 0 saturated heterocycles. The maximum absolute atomic E-state index is 9.43. The maximum Gasteiger partial charge on any atom is 0.172 e. The van der Waals surface area contributed by atoms with E-state index in [4.69, 9.17) is 15.3 Å². The highest BCUT2D eigenvalue weighted by atomic mass is 127. The van der Waals surface area contributed by atoms with Gasteiger partial charge in [0.1, 0.15) is 30.5 Å². The summed E-state index contributed by atoms with van der Waals surface area (Å²) in [5.74, 6) is 0. The fourth-order valence-corrected chi connectivity index (χ4v) is 1.97. The number of alkyl halides is 1. The number of hydrogen-bond donors (Lipinski definition) is 6. The van der Waals surface area contributed by atoms with E-state index in [1.165, 1.54) is 22.6 Å². The van der Waals surface area contributed by atoms with Gasteiger partial charge in [-0.15, -0.1) is 0 Å². The van der Waals surface area contributed by atoms with E-state index >= 15 is 0 Å². The predicted octanol–water partition coefficient (Wildman–Crippen LogP) is -3.07. The van der Waals surface area contributed by atoms with E-state index in [0.717, 1.165) is 0 Å². The first-order chi connectivity index (χ1) is 5.80. The molecule has 1 rings (SSSR count). The molecule has 0 spiro atoms. The molecule has 6 nitrogen and oxygen atoms in total. The van der Waals surface area contributed by atoms with E-state index in [9.17, 15) is 15.3 Å². The van der Waals surface area contributed by atoms with Gasteiger partial charge in [-0.25, -0.2) is 0 Å². The first-order valence-corrected chi connectivity index (χ1v) is 4.69. The van der Waals surface area contributed by atoms with Crippen LogP contribution in [0.5, 0.6) is 0 Å². The summed E-state index contributed by atoms with van der Waals surface area (Å²) in [4.78, 5) is 0. The molecule has 0 aromatic heterocycles. The minimum Gasteiger partial charge on any atom is -0.387 e. The monoisotopic (exact) mass is 306 g/mol. The van der Waals surface area contributed by atoms with Crippen molar-refractivity contribution in [2.75, 3.05) is 0 Å². The van der Waals surface area contributed by atoms with Crippen LogP contribution in [0, 0.1) is 0 Å². The van der Waals surface area contributed by atoms with Crippen LogP contribution in [0.15, 0.2) is 0 Å². The Hall–Kier alpha value is 0.490. The van der Waals surface area contributed by atoms with Gasteiger partial charge in [0.25, 0.3) is 0 Å². The normalized spacial score (nSPS) is 57.9. The highest BCUT2D eigenvalue weighted by molar-refractivity contribution is 14.1. The van der Waals surface area contributed by atoms with E-state index in [0.29, 0.717) is 0 Å². The summed E-state index contributed by atoms with van der Waals surface area (Å²) >= 11 is 1.31. The molecule has 1 fully saturated rings. The molecule has 7 heteroatoms. The molecule has 1 saturated carbocycles. The fourth-order valence-electron chi connectivity index (χ4n) is 1.23. The molecular weight excluding hydrogens is 295 g/mol. The molecule has 78 valence electrons. The second kappa shape index (κ2) is 3.57. The zero-order chi connectivity index (χ0) is 10.4. The third-order valence-electron chi connectivity index (χ3n) is 2.18. The average molecular weight is 306 g/mol. The molecule has 0 bridgehead atoms.